The molecule has 0 fully saturated rings. The fraction of sp³-hybridized carbons (Fsp3) is 0.160. The van der Waals surface area contributed by atoms with E-state index >= 15 is 0 Å². The number of hydrogen-bond donors (Lipinski definition) is 1. The van der Waals surface area contributed by atoms with Crippen molar-refractivity contribution >= 4 is 40.7 Å². The highest BCUT2D eigenvalue weighted by molar-refractivity contribution is 6.35. The predicted molar refractivity (Wildman–Crippen MR) is 126 cm³/mol. The zero-order valence-electron chi connectivity index (χ0n) is 18.1. The Morgan fingerprint density at radius 1 is 0.971 bits per heavy atom. The van der Waals surface area contributed by atoms with E-state index in [2.05, 4.69) is 5.32 Å². The third-order valence-electron chi connectivity index (χ3n) is 5.43. The number of hydrogen-bond acceptors (Lipinski definition) is 6. The smallest absolute Gasteiger partial charge is 0.266 e. The number of imide groups is 1. The Hall–Kier alpha value is -4.04. The molecule has 3 aromatic carbocycles. The molecule has 1 N–H and O–H groups in total. The highest BCUT2D eigenvalue weighted by Gasteiger charge is 2.37. The van der Waals surface area contributed by atoms with Crippen LogP contribution in [-0.4, -0.2) is 37.5 Å². The van der Waals surface area contributed by atoms with Crippen molar-refractivity contribution in [3.8, 4) is 17.2 Å². The second-order valence-electron chi connectivity index (χ2n) is 7.56. The number of nitrogens with one attached hydrogen (secondary N) is 1. The van der Waals surface area contributed by atoms with Crippen LogP contribution in [0.15, 0.2) is 54.6 Å². The standard InChI is InChI=1S/C25H19ClN2O6/c1-2-32-16-6-4-15(5-7-16)28-24(30)17-8-3-14(11-18(17)25(28)31)23(29)27-20-13-22-21(12-19(20)26)33-9-10-34-22/h3-8,11-13H,2,9-10H2,1H3,(H,27,29). The molecule has 34 heavy (non-hydrogen) atoms. The maximum absolute atomic E-state index is 13.1. The van der Waals surface area contributed by atoms with Crippen molar-refractivity contribution in [2.24, 2.45) is 0 Å². The number of anilines is 2. The second kappa shape index (κ2) is 8.72. The van der Waals surface area contributed by atoms with E-state index in [1.54, 1.807) is 36.4 Å². The normalized spacial score (nSPS) is 14.1. The summed E-state index contributed by atoms with van der Waals surface area (Å²) in [6.07, 6.45) is 0. The summed E-state index contributed by atoms with van der Waals surface area (Å²) in [5.74, 6) is 0.180. The fourth-order valence-electron chi connectivity index (χ4n) is 3.83. The Kier molecular flexibility index (Phi) is 5.59. The summed E-state index contributed by atoms with van der Waals surface area (Å²) in [4.78, 5) is 39.9. The van der Waals surface area contributed by atoms with E-state index in [1.807, 2.05) is 6.92 Å². The maximum atomic E-state index is 13.1. The summed E-state index contributed by atoms with van der Waals surface area (Å²) in [6.45, 7) is 3.20. The lowest BCUT2D eigenvalue weighted by Gasteiger charge is -2.20. The lowest BCUT2D eigenvalue weighted by molar-refractivity contribution is 0.0925. The van der Waals surface area contributed by atoms with E-state index in [0.29, 0.717) is 48.4 Å². The molecule has 2 aliphatic rings. The Morgan fingerprint density at radius 2 is 1.65 bits per heavy atom. The number of carbonyl (C=O) groups excluding carboxylic acids is 3. The minimum Gasteiger partial charge on any atom is -0.494 e. The summed E-state index contributed by atoms with van der Waals surface area (Å²) in [6, 6.07) is 14.2. The van der Waals surface area contributed by atoms with Gasteiger partial charge in [-0.25, -0.2) is 4.90 Å². The quantitative estimate of drug-likeness (QED) is 0.540. The number of carbonyl (C=O) groups is 3. The van der Waals surface area contributed by atoms with Crippen LogP contribution in [0.3, 0.4) is 0 Å². The number of ether oxygens (including phenoxy) is 3. The number of benzene rings is 3. The van der Waals surface area contributed by atoms with Gasteiger partial charge in [-0.15, -0.1) is 0 Å². The molecule has 2 heterocycles. The number of nitrogens with zero attached hydrogens (tertiary/aromatic N) is 1. The van der Waals surface area contributed by atoms with E-state index in [9.17, 15) is 14.4 Å². The molecule has 3 aromatic rings. The first-order chi connectivity index (χ1) is 16.5. The molecule has 0 saturated heterocycles. The SMILES string of the molecule is CCOc1ccc(N2C(=O)c3ccc(C(=O)Nc4cc5c(cc4Cl)OCCO5)cc3C2=O)cc1. The fourth-order valence-corrected chi connectivity index (χ4v) is 4.03. The van der Waals surface area contributed by atoms with E-state index in [-0.39, 0.29) is 21.7 Å². The van der Waals surface area contributed by atoms with Crippen molar-refractivity contribution in [2.75, 3.05) is 30.0 Å². The van der Waals surface area contributed by atoms with Crippen LogP contribution in [0, 0.1) is 0 Å². The van der Waals surface area contributed by atoms with Gasteiger partial charge in [-0.2, -0.15) is 0 Å². The van der Waals surface area contributed by atoms with Crippen LogP contribution in [0.5, 0.6) is 17.2 Å². The molecule has 0 radical (unpaired) electrons. The van der Waals surface area contributed by atoms with Crippen molar-refractivity contribution in [3.63, 3.8) is 0 Å². The van der Waals surface area contributed by atoms with Gasteiger partial charge in [0.25, 0.3) is 17.7 Å². The van der Waals surface area contributed by atoms with E-state index < -0.39 is 17.7 Å². The molecular weight excluding hydrogens is 460 g/mol. The third kappa shape index (κ3) is 3.82. The van der Waals surface area contributed by atoms with Gasteiger partial charge < -0.3 is 19.5 Å². The molecule has 0 saturated carbocycles. The highest BCUT2D eigenvalue weighted by atomic mass is 35.5. The first-order valence-electron chi connectivity index (χ1n) is 10.6. The molecule has 2 aliphatic heterocycles. The average Bonchev–Trinajstić information content (AvgIpc) is 3.09. The zero-order chi connectivity index (χ0) is 23.8. The van der Waals surface area contributed by atoms with E-state index in [4.69, 9.17) is 25.8 Å². The van der Waals surface area contributed by atoms with Gasteiger partial charge in [0.2, 0.25) is 0 Å². The number of rotatable bonds is 5. The minimum absolute atomic E-state index is 0.153. The van der Waals surface area contributed by atoms with Gasteiger partial charge in [0, 0.05) is 17.7 Å². The molecule has 3 amide bonds. The second-order valence-corrected chi connectivity index (χ2v) is 7.97. The number of amides is 3. The lowest BCUT2D eigenvalue weighted by Crippen LogP contribution is -2.29. The van der Waals surface area contributed by atoms with Crippen molar-refractivity contribution in [3.05, 3.63) is 76.3 Å². The van der Waals surface area contributed by atoms with Gasteiger partial charge >= 0.3 is 0 Å². The number of fused-ring (bicyclic) bond motifs is 2. The van der Waals surface area contributed by atoms with Crippen LogP contribution in [0.25, 0.3) is 0 Å². The Labute approximate surface area is 200 Å². The Bertz CT molecular complexity index is 1320. The van der Waals surface area contributed by atoms with Crippen LogP contribution >= 0.6 is 11.6 Å². The van der Waals surface area contributed by atoms with Crippen molar-refractivity contribution in [1.29, 1.82) is 0 Å². The molecule has 0 aliphatic carbocycles. The molecule has 172 valence electrons. The molecule has 9 heteroatoms. The van der Waals surface area contributed by atoms with Gasteiger partial charge in [-0.3, -0.25) is 14.4 Å². The first-order valence-corrected chi connectivity index (χ1v) is 11.0. The first kappa shape index (κ1) is 21.8. The van der Waals surface area contributed by atoms with Gasteiger partial charge in [-0.05, 0) is 49.4 Å². The largest absolute Gasteiger partial charge is 0.494 e. The molecule has 8 nitrogen and oxygen atoms in total. The van der Waals surface area contributed by atoms with Crippen molar-refractivity contribution < 1.29 is 28.6 Å². The molecule has 0 bridgehead atoms. The summed E-state index contributed by atoms with van der Waals surface area (Å²) in [5, 5.41) is 3.01. The predicted octanol–water partition coefficient (Wildman–Crippen LogP) is 4.56. The van der Waals surface area contributed by atoms with Gasteiger partial charge in [-0.1, -0.05) is 11.6 Å². The van der Waals surface area contributed by atoms with Crippen LogP contribution in [0.4, 0.5) is 11.4 Å². The Balaban J connectivity index is 1.39. The highest BCUT2D eigenvalue weighted by Crippen LogP contribution is 2.38. The van der Waals surface area contributed by atoms with Crippen LogP contribution in [-0.2, 0) is 0 Å². The van der Waals surface area contributed by atoms with E-state index in [0.717, 1.165) is 4.90 Å². The molecular formula is C25H19ClN2O6. The van der Waals surface area contributed by atoms with Crippen molar-refractivity contribution in [1.82, 2.24) is 0 Å². The summed E-state index contributed by atoms with van der Waals surface area (Å²) >= 11 is 6.28. The van der Waals surface area contributed by atoms with Gasteiger partial charge in [0.15, 0.2) is 11.5 Å². The van der Waals surface area contributed by atoms with Gasteiger partial charge in [0.1, 0.15) is 19.0 Å². The minimum atomic E-state index is -0.504. The zero-order valence-corrected chi connectivity index (χ0v) is 18.8. The lowest BCUT2D eigenvalue weighted by atomic mass is 10.1. The third-order valence-corrected chi connectivity index (χ3v) is 5.75. The summed E-state index contributed by atoms with van der Waals surface area (Å²) in [7, 11) is 0. The topological polar surface area (TPSA) is 94.2 Å². The maximum Gasteiger partial charge on any atom is 0.266 e. The molecule has 0 atom stereocenters. The molecule has 5 rings (SSSR count). The molecule has 0 spiro atoms. The van der Waals surface area contributed by atoms with Crippen LogP contribution in [0.2, 0.25) is 5.02 Å². The summed E-state index contributed by atoms with van der Waals surface area (Å²) in [5.41, 5.74) is 1.35. The van der Waals surface area contributed by atoms with Crippen LogP contribution in [0.1, 0.15) is 38.0 Å². The monoisotopic (exact) mass is 478 g/mol. The Morgan fingerprint density at radius 3 is 2.35 bits per heavy atom. The van der Waals surface area contributed by atoms with Gasteiger partial charge in [0.05, 0.1) is 34.1 Å². The van der Waals surface area contributed by atoms with E-state index in [1.165, 1.54) is 18.2 Å². The molecule has 0 unspecified atom stereocenters. The summed E-state index contributed by atoms with van der Waals surface area (Å²) < 4.78 is 16.4. The van der Waals surface area contributed by atoms with Crippen LogP contribution < -0.4 is 24.4 Å². The average molecular weight is 479 g/mol. The van der Waals surface area contributed by atoms with Crippen molar-refractivity contribution in [2.45, 2.75) is 6.92 Å². The number of halogens is 1. The molecule has 0 aromatic heterocycles.